The Morgan fingerprint density at radius 3 is 2.78 bits per heavy atom. The van der Waals surface area contributed by atoms with Crippen molar-refractivity contribution in [3.05, 3.63) is 48.9 Å². The maximum atomic E-state index is 5.40. The van der Waals surface area contributed by atoms with E-state index in [0.717, 1.165) is 11.3 Å². The van der Waals surface area contributed by atoms with Crippen LogP contribution in [0, 0.1) is 0 Å². The van der Waals surface area contributed by atoms with E-state index >= 15 is 0 Å². The predicted molar refractivity (Wildman–Crippen MR) is 70.5 cm³/mol. The van der Waals surface area contributed by atoms with Gasteiger partial charge in [0.05, 0.1) is 6.20 Å². The zero-order chi connectivity index (χ0) is 12.4. The third-order valence-corrected chi connectivity index (χ3v) is 2.56. The molecule has 2 aromatic heterocycles. The second kappa shape index (κ2) is 4.34. The van der Waals surface area contributed by atoms with Crippen LogP contribution in [-0.4, -0.2) is 14.4 Å². The molecule has 0 bridgehead atoms. The van der Waals surface area contributed by atoms with Crippen LogP contribution in [-0.2, 0) is 0 Å². The van der Waals surface area contributed by atoms with Crippen LogP contribution in [0.4, 0.5) is 17.3 Å². The van der Waals surface area contributed by atoms with Gasteiger partial charge in [0.1, 0.15) is 0 Å². The lowest BCUT2D eigenvalue weighted by Crippen LogP contribution is -2.11. The molecule has 0 amide bonds. The van der Waals surface area contributed by atoms with Crippen LogP contribution in [0.5, 0.6) is 0 Å². The number of hydrogen-bond acceptors (Lipinski definition) is 5. The number of aromatic nitrogens is 3. The molecule has 0 unspecified atom stereocenters. The van der Waals surface area contributed by atoms with E-state index in [2.05, 4.69) is 20.7 Å². The van der Waals surface area contributed by atoms with E-state index in [1.807, 2.05) is 40.9 Å². The summed E-state index contributed by atoms with van der Waals surface area (Å²) in [6.45, 7) is 0. The van der Waals surface area contributed by atoms with Crippen LogP contribution < -0.4 is 16.6 Å². The molecule has 3 rings (SSSR count). The summed E-state index contributed by atoms with van der Waals surface area (Å²) >= 11 is 0. The van der Waals surface area contributed by atoms with Crippen molar-refractivity contribution in [2.45, 2.75) is 0 Å². The zero-order valence-electron chi connectivity index (χ0n) is 9.54. The molecule has 0 atom stereocenters. The van der Waals surface area contributed by atoms with Crippen LogP contribution in [0.3, 0.4) is 0 Å². The summed E-state index contributed by atoms with van der Waals surface area (Å²) in [5, 5.41) is 3.22. The van der Waals surface area contributed by atoms with Crippen molar-refractivity contribution >= 4 is 23.0 Å². The first-order valence-corrected chi connectivity index (χ1v) is 5.49. The number of nitrogens with one attached hydrogen (secondary N) is 2. The quantitative estimate of drug-likeness (QED) is 0.480. The lowest BCUT2D eigenvalue weighted by atomic mass is 10.3. The first-order chi connectivity index (χ1) is 8.86. The maximum Gasteiger partial charge on any atom is 0.180 e. The normalized spacial score (nSPS) is 10.5. The molecule has 90 valence electrons. The molecule has 4 N–H and O–H groups in total. The van der Waals surface area contributed by atoms with E-state index in [0.29, 0.717) is 11.6 Å². The van der Waals surface area contributed by atoms with Crippen molar-refractivity contribution < 1.29 is 0 Å². The van der Waals surface area contributed by atoms with Crippen molar-refractivity contribution in [3.63, 3.8) is 0 Å². The fourth-order valence-corrected chi connectivity index (χ4v) is 1.74. The average molecular weight is 240 g/mol. The second-order valence-corrected chi connectivity index (χ2v) is 3.77. The second-order valence-electron chi connectivity index (χ2n) is 3.77. The molecule has 0 aliphatic carbocycles. The number of nitrogens with two attached hydrogens (primary N) is 1. The number of rotatable bonds is 3. The molecule has 18 heavy (non-hydrogen) atoms. The van der Waals surface area contributed by atoms with E-state index in [1.165, 1.54) is 0 Å². The first kappa shape index (κ1) is 10.5. The van der Waals surface area contributed by atoms with Crippen LogP contribution in [0.15, 0.2) is 48.9 Å². The number of fused-ring (bicyclic) bond motifs is 1. The highest BCUT2D eigenvalue weighted by Gasteiger charge is 2.06. The molecule has 0 saturated carbocycles. The van der Waals surface area contributed by atoms with E-state index in [-0.39, 0.29) is 0 Å². The van der Waals surface area contributed by atoms with Gasteiger partial charge >= 0.3 is 0 Å². The van der Waals surface area contributed by atoms with Gasteiger partial charge in [-0.15, -0.1) is 0 Å². The van der Waals surface area contributed by atoms with E-state index < -0.39 is 0 Å². The molecule has 3 aromatic rings. The third-order valence-electron chi connectivity index (χ3n) is 2.56. The van der Waals surface area contributed by atoms with Crippen LogP contribution >= 0.6 is 0 Å². The molecule has 1 aromatic carbocycles. The predicted octanol–water partition coefficient (Wildman–Crippen LogP) is 1.76. The highest BCUT2D eigenvalue weighted by molar-refractivity contribution is 5.71. The van der Waals surface area contributed by atoms with Gasteiger partial charge in [-0.2, -0.15) is 0 Å². The number of hydrazine groups is 1. The Balaban J connectivity index is 2.07. The van der Waals surface area contributed by atoms with Crippen LogP contribution in [0.25, 0.3) is 5.65 Å². The Labute approximate surface area is 103 Å². The molecule has 0 saturated heterocycles. The molecule has 0 spiro atoms. The smallest absolute Gasteiger partial charge is 0.180 e. The van der Waals surface area contributed by atoms with Gasteiger partial charge in [0.2, 0.25) is 0 Å². The Morgan fingerprint density at radius 1 is 1.17 bits per heavy atom. The van der Waals surface area contributed by atoms with Gasteiger partial charge in [0, 0.05) is 18.1 Å². The number of nitrogens with zero attached hydrogens (tertiary/aromatic N) is 3. The fraction of sp³-hybridized carbons (Fsp3) is 0. The number of imidazole rings is 1. The average Bonchev–Trinajstić information content (AvgIpc) is 2.88. The van der Waals surface area contributed by atoms with Crippen LogP contribution in [0.2, 0.25) is 0 Å². The third kappa shape index (κ3) is 1.85. The van der Waals surface area contributed by atoms with Gasteiger partial charge in [0.15, 0.2) is 17.3 Å². The van der Waals surface area contributed by atoms with E-state index in [4.69, 9.17) is 5.84 Å². The van der Waals surface area contributed by atoms with Crippen molar-refractivity contribution in [2.75, 3.05) is 10.7 Å². The van der Waals surface area contributed by atoms with Gasteiger partial charge < -0.3 is 15.1 Å². The van der Waals surface area contributed by atoms with Crippen molar-refractivity contribution in [1.29, 1.82) is 0 Å². The largest absolute Gasteiger partial charge is 0.337 e. The zero-order valence-corrected chi connectivity index (χ0v) is 9.54. The Morgan fingerprint density at radius 2 is 2.00 bits per heavy atom. The monoisotopic (exact) mass is 240 g/mol. The SMILES string of the molecule is NNc1cn2ccnc2c(Nc2ccccc2)n1. The fourth-order valence-electron chi connectivity index (χ4n) is 1.74. The van der Waals surface area contributed by atoms with Crippen molar-refractivity contribution in [3.8, 4) is 0 Å². The topological polar surface area (TPSA) is 80.3 Å². The Hall–Kier alpha value is -2.60. The molecule has 2 heterocycles. The Kier molecular flexibility index (Phi) is 2.54. The minimum absolute atomic E-state index is 0.568. The van der Waals surface area contributed by atoms with Gasteiger partial charge in [0.25, 0.3) is 0 Å². The molecular weight excluding hydrogens is 228 g/mol. The summed E-state index contributed by atoms with van der Waals surface area (Å²) in [4.78, 5) is 8.62. The molecular formula is C12H12N6. The lowest BCUT2D eigenvalue weighted by molar-refractivity contribution is 1.11. The maximum absolute atomic E-state index is 5.40. The van der Waals surface area contributed by atoms with Gasteiger partial charge in [-0.1, -0.05) is 18.2 Å². The summed E-state index contributed by atoms with van der Waals surface area (Å²) in [7, 11) is 0. The summed E-state index contributed by atoms with van der Waals surface area (Å²) in [5.41, 5.74) is 4.23. The summed E-state index contributed by atoms with van der Waals surface area (Å²) < 4.78 is 1.85. The molecule has 6 heteroatoms. The van der Waals surface area contributed by atoms with Gasteiger partial charge in [-0.3, -0.25) is 0 Å². The number of para-hydroxylation sites is 1. The Bertz CT molecular complexity index is 661. The van der Waals surface area contributed by atoms with E-state index in [9.17, 15) is 0 Å². The number of nitrogen functional groups attached to an aromatic ring is 1. The molecule has 0 aliphatic heterocycles. The summed E-state index contributed by atoms with van der Waals surface area (Å²) in [6, 6.07) is 9.79. The lowest BCUT2D eigenvalue weighted by Gasteiger charge is -2.09. The molecule has 0 aliphatic rings. The van der Waals surface area contributed by atoms with Gasteiger partial charge in [-0.25, -0.2) is 15.8 Å². The van der Waals surface area contributed by atoms with Gasteiger partial charge in [-0.05, 0) is 12.1 Å². The first-order valence-electron chi connectivity index (χ1n) is 5.49. The molecule has 0 radical (unpaired) electrons. The number of benzene rings is 1. The summed E-state index contributed by atoms with van der Waals surface area (Å²) in [5.74, 6) is 6.62. The molecule has 0 fully saturated rings. The molecule has 6 nitrogen and oxygen atoms in total. The van der Waals surface area contributed by atoms with Crippen molar-refractivity contribution in [2.24, 2.45) is 5.84 Å². The highest BCUT2D eigenvalue weighted by atomic mass is 15.3. The highest BCUT2D eigenvalue weighted by Crippen LogP contribution is 2.20. The summed E-state index contributed by atoms with van der Waals surface area (Å²) in [6.07, 6.45) is 5.33. The van der Waals surface area contributed by atoms with Crippen LogP contribution in [0.1, 0.15) is 0 Å². The minimum atomic E-state index is 0.568. The van der Waals surface area contributed by atoms with Crippen molar-refractivity contribution in [1.82, 2.24) is 14.4 Å². The number of anilines is 3. The minimum Gasteiger partial charge on any atom is -0.337 e. The standard InChI is InChI=1S/C12H12N6/c13-17-10-8-18-7-6-14-12(18)11(16-10)15-9-4-2-1-3-5-9/h1-8,17H,13H2,(H,15,16). The number of hydrogen-bond donors (Lipinski definition) is 3. The van der Waals surface area contributed by atoms with E-state index in [1.54, 1.807) is 12.4 Å².